The van der Waals surface area contributed by atoms with Crippen molar-refractivity contribution in [3.05, 3.63) is 53.1 Å². The molecular formula is C21H23ClN2O6S. The fourth-order valence-corrected chi connectivity index (χ4v) is 4.82. The van der Waals surface area contributed by atoms with Gasteiger partial charge in [0, 0.05) is 24.2 Å². The second kappa shape index (κ2) is 10.1. The van der Waals surface area contributed by atoms with Gasteiger partial charge in [-0.15, -0.1) is 0 Å². The fourth-order valence-electron chi connectivity index (χ4n) is 3.05. The van der Waals surface area contributed by atoms with E-state index in [1.54, 1.807) is 30.3 Å². The second-order valence-corrected chi connectivity index (χ2v) is 8.94. The van der Waals surface area contributed by atoms with E-state index in [9.17, 15) is 13.2 Å². The topological polar surface area (TPSA) is 94.2 Å². The number of amides is 1. The van der Waals surface area contributed by atoms with E-state index >= 15 is 0 Å². The molecule has 1 heterocycles. The van der Waals surface area contributed by atoms with Crippen molar-refractivity contribution in [1.29, 1.82) is 0 Å². The average Bonchev–Trinajstić information content (AvgIpc) is 2.78. The highest BCUT2D eigenvalue weighted by molar-refractivity contribution is 7.89. The molecule has 0 unspecified atom stereocenters. The fraction of sp³-hybridized carbons (Fsp3) is 0.286. The molecule has 1 aliphatic rings. The van der Waals surface area contributed by atoms with Crippen molar-refractivity contribution >= 4 is 39.3 Å². The first kappa shape index (κ1) is 23.1. The number of sulfonamides is 1. The van der Waals surface area contributed by atoms with Gasteiger partial charge < -0.3 is 19.5 Å². The Labute approximate surface area is 186 Å². The third-order valence-electron chi connectivity index (χ3n) is 4.62. The molecular weight excluding hydrogens is 444 g/mol. The molecule has 1 N–H and O–H groups in total. The molecule has 0 aromatic heterocycles. The van der Waals surface area contributed by atoms with Crippen LogP contribution in [0.4, 0.5) is 5.69 Å². The van der Waals surface area contributed by atoms with Gasteiger partial charge in [0.1, 0.15) is 16.4 Å². The highest BCUT2D eigenvalue weighted by Gasteiger charge is 2.29. The standard InChI is InChI=1S/C21H23ClN2O6S/c1-28-18-7-5-16(22)14-17(18)23-21(25)8-4-15-3-6-19(29-2)20(13-15)31(26,27)24-9-11-30-12-10-24/h3-8,13-14H,9-12H2,1-2H3,(H,23,25). The number of methoxy groups -OCH3 is 2. The SMILES string of the molecule is COc1ccc(Cl)cc1NC(=O)C=Cc1ccc(OC)c(S(=O)(=O)N2CCOCC2)c1. The van der Waals surface area contributed by atoms with Gasteiger partial charge in [-0.1, -0.05) is 17.7 Å². The number of ether oxygens (including phenoxy) is 3. The third-order valence-corrected chi connectivity index (χ3v) is 6.78. The van der Waals surface area contributed by atoms with E-state index in [0.717, 1.165) is 0 Å². The highest BCUT2D eigenvalue weighted by atomic mass is 35.5. The molecule has 0 bridgehead atoms. The van der Waals surface area contributed by atoms with Crippen LogP contribution < -0.4 is 14.8 Å². The van der Waals surface area contributed by atoms with E-state index in [4.69, 9.17) is 25.8 Å². The van der Waals surface area contributed by atoms with Crippen LogP contribution in [-0.4, -0.2) is 59.2 Å². The Morgan fingerprint density at radius 2 is 1.77 bits per heavy atom. The molecule has 2 aromatic carbocycles. The van der Waals surface area contributed by atoms with Crippen LogP contribution in [0.15, 0.2) is 47.4 Å². The predicted molar refractivity (Wildman–Crippen MR) is 118 cm³/mol. The molecule has 0 spiro atoms. The molecule has 10 heteroatoms. The van der Waals surface area contributed by atoms with Crippen LogP contribution in [0.5, 0.6) is 11.5 Å². The molecule has 166 valence electrons. The summed E-state index contributed by atoms with van der Waals surface area (Å²) in [4.78, 5) is 12.4. The lowest BCUT2D eigenvalue weighted by Crippen LogP contribution is -2.40. The van der Waals surface area contributed by atoms with Crippen LogP contribution in [-0.2, 0) is 19.6 Å². The van der Waals surface area contributed by atoms with Crippen LogP contribution >= 0.6 is 11.6 Å². The number of anilines is 1. The van der Waals surface area contributed by atoms with Crippen molar-refractivity contribution in [2.24, 2.45) is 0 Å². The van der Waals surface area contributed by atoms with Gasteiger partial charge in [0.05, 0.1) is 33.1 Å². The van der Waals surface area contributed by atoms with Crippen LogP contribution in [0.2, 0.25) is 5.02 Å². The van der Waals surface area contributed by atoms with Crippen LogP contribution in [0.1, 0.15) is 5.56 Å². The number of carbonyl (C=O) groups is 1. The van der Waals surface area contributed by atoms with E-state index in [-0.39, 0.29) is 23.7 Å². The number of hydrogen-bond donors (Lipinski definition) is 1. The van der Waals surface area contributed by atoms with Gasteiger partial charge in [-0.25, -0.2) is 8.42 Å². The molecule has 8 nitrogen and oxygen atoms in total. The summed E-state index contributed by atoms with van der Waals surface area (Å²) in [6.45, 7) is 1.23. The number of rotatable bonds is 7. The van der Waals surface area contributed by atoms with E-state index in [1.165, 1.54) is 36.7 Å². The lowest BCUT2D eigenvalue weighted by atomic mass is 10.2. The van der Waals surface area contributed by atoms with Crippen molar-refractivity contribution in [2.45, 2.75) is 4.90 Å². The molecule has 31 heavy (non-hydrogen) atoms. The lowest BCUT2D eigenvalue weighted by molar-refractivity contribution is -0.111. The first-order valence-corrected chi connectivity index (χ1v) is 11.3. The van der Waals surface area contributed by atoms with Crippen LogP contribution in [0.3, 0.4) is 0 Å². The predicted octanol–water partition coefficient (Wildman–Crippen LogP) is 3.03. The smallest absolute Gasteiger partial charge is 0.248 e. The summed E-state index contributed by atoms with van der Waals surface area (Å²) in [5.41, 5.74) is 0.954. The number of nitrogens with zero attached hydrogens (tertiary/aromatic N) is 1. The minimum atomic E-state index is -3.77. The summed E-state index contributed by atoms with van der Waals surface area (Å²) in [6, 6.07) is 9.58. The Bertz CT molecular complexity index is 1080. The van der Waals surface area contributed by atoms with Gasteiger partial charge in [0.25, 0.3) is 0 Å². The molecule has 1 fully saturated rings. The van der Waals surface area contributed by atoms with E-state index in [0.29, 0.717) is 35.2 Å². The Hall–Kier alpha value is -2.59. The van der Waals surface area contributed by atoms with Gasteiger partial charge in [-0.3, -0.25) is 4.79 Å². The molecule has 0 radical (unpaired) electrons. The maximum absolute atomic E-state index is 13.1. The maximum atomic E-state index is 13.1. The number of carbonyl (C=O) groups excluding carboxylic acids is 1. The van der Waals surface area contributed by atoms with Gasteiger partial charge in [0.2, 0.25) is 15.9 Å². The zero-order valence-corrected chi connectivity index (χ0v) is 18.7. The van der Waals surface area contributed by atoms with E-state index < -0.39 is 15.9 Å². The Morgan fingerprint density at radius 1 is 1.10 bits per heavy atom. The summed E-state index contributed by atoms with van der Waals surface area (Å²) in [7, 11) is -0.865. The van der Waals surface area contributed by atoms with Crippen molar-refractivity contribution in [3.8, 4) is 11.5 Å². The number of hydrogen-bond acceptors (Lipinski definition) is 6. The number of nitrogens with one attached hydrogen (secondary N) is 1. The van der Waals surface area contributed by atoms with Gasteiger partial charge in [-0.2, -0.15) is 4.31 Å². The maximum Gasteiger partial charge on any atom is 0.248 e. The molecule has 1 aliphatic heterocycles. The molecule has 3 rings (SSSR count). The van der Waals surface area contributed by atoms with Crippen molar-refractivity contribution < 1.29 is 27.4 Å². The summed E-state index contributed by atoms with van der Waals surface area (Å²) < 4.78 is 43.2. The monoisotopic (exact) mass is 466 g/mol. The average molecular weight is 467 g/mol. The normalized spacial score (nSPS) is 15.1. The molecule has 1 amide bonds. The first-order chi connectivity index (χ1) is 14.8. The molecule has 0 atom stereocenters. The first-order valence-electron chi connectivity index (χ1n) is 9.43. The number of halogens is 1. The van der Waals surface area contributed by atoms with Crippen LogP contribution in [0.25, 0.3) is 6.08 Å². The lowest BCUT2D eigenvalue weighted by Gasteiger charge is -2.26. The van der Waals surface area contributed by atoms with Crippen molar-refractivity contribution in [2.75, 3.05) is 45.8 Å². The molecule has 0 aliphatic carbocycles. The van der Waals surface area contributed by atoms with Crippen LogP contribution in [0, 0.1) is 0 Å². The Morgan fingerprint density at radius 3 is 2.45 bits per heavy atom. The Kier molecular flexibility index (Phi) is 7.55. The second-order valence-electron chi connectivity index (χ2n) is 6.59. The summed E-state index contributed by atoms with van der Waals surface area (Å²) in [5.74, 6) is 0.278. The van der Waals surface area contributed by atoms with E-state index in [2.05, 4.69) is 5.32 Å². The molecule has 0 saturated carbocycles. The van der Waals surface area contributed by atoms with Gasteiger partial charge in [-0.05, 0) is 42.0 Å². The Balaban J connectivity index is 1.82. The summed E-state index contributed by atoms with van der Waals surface area (Å²) >= 11 is 5.98. The zero-order chi connectivity index (χ0) is 22.4. The highest BCUT2D eigenvalue weighted by Crippen LogP contribution is 2.29. The van der Waals surface area contributed by atoms with Gasteiger partial charge >= 0.3 is 0 Å². The van der Waals surface area contributed by atoms with Gasteiger partial charge in [0.15, 0.2) is 0 Å². The van der Waals surface area contributed by atoms with E-state index in [1.807, 2.05) is 0 Å². The molecule has 1 saturated heterocycles. The quantitative estimate of drug-likeness (QED) is 0.630. The van der Waals surface area contributed by atoms with Crippen molar-refractivity contribution in [1.82, 2.24) is 4.31 Å². The summed E-state index contributed by atoms with van der Waals surface area (Å²) in [6.07, 6.45) is 2.82. The summed E-state index contributed by atoms with van der Waals surface area (Å²) in [5, 5.41) is 3.14. The van der Waals surface area contributed by atoms with Crippen molar-refractivity contribution in [3.63, 3.8) is 0 Å². The molecule has 2 aromatic rings. The third kappa shape index (κ3) is 5.56. The minimum Gasteiger partial charge on any atom is -0.495 e. The number of benzene rings is 2. The zero-order valence-electron chi connectivity index (χ0n) is 17.1. The minimum absolute atomic E-state index is 0.0379. The largest absolute Gasteiger partial charge is 0.495 e. The number of morpholine rings is 1.